The Kier molecular flexibility index (Phi) is 4.54. The van der Waals surface area contributed by atoms with Crippen molar-refractivity contribution in [3.8, 4) is 0 Å². The van der Waals surface area contributed by atoms with Gasteiger partial charge in [0.25, 0.3) is 0 Å². The summed E-state index contributed by atoms with van der Waals surface area (Å²) in [6.07, 6.45) is 0. The number of rotatable bonds is 5. The van der Waals surface area contributed by atoms with Gasteiger partial charge in [-0.2, -0.15) is 0 Å². The molecule has 0 fully saturated rings. The van der Waals surface area contributed by atoms with Crippen LogP contribution in [0.25, 0.3) is 0 Å². The molecule has 0 saturated carbocycles. The van der Waals surface area contributed by atoms with E-state index in [0.29, 0.717) is 0 Å². The van der Waals surface area contributed by atoms with E-state index < -0.39 is 0 Å². The molecule has 0 aliphatic carbocycles. The molecule has 5 nitrogen and oxygen atoms in total. The van der Waals surface area contributed by atoms with Crippen molar-refractivity contribution in [3.63, 3.8) is 0 Å². The van der Waals surface area contributed by atoms with E-state index in [1.807, 2.05) is 20.9 Å². The van der Waals surface area contributed by atoms with Crippen LogP contribution >= 0.6 is 11.3 Å². The zero-order valence-electron chi connectivity index (χ0n) is 12.7. The van der Waals surface area contributed by atoms with Gasteiger partial charge in [0.15, 0.2) is 0 Å². The number of aromatic nitrogens is 3. The van der Waals surface area contributed by atoms with Gasteiger partial charge in [-0.25, -0.2) is 15.0 Å². The van der Waals surface area contributed by atoms with Crippen LogP contribution in [0.3, 0.4) is 0 Å². The highest BCUT2D eigenvalue weighted by Crippen LogP contribution is 2.24. The Bertz CT molecular complexity index is 593. The highest BCUT2D eigenvalue weighted by atomic mass is 32.1. The molecule has 6 heteroatoms. The summed E-state index contributed by atoms with van der Waals surface area (Å²) in [6.45, 7) is 9.68. The summed E-state index contributed by atoms with van der Waals surface area (Å²) in [5, 5.41) is 6.48. The van der Waals surface area contributed by atoms with Crippen molar-refractivity contribution in [2.24, 2.45) is 0 Å². The molecule has 108 valence electrons. The van der Waals surface area contributed by atoms with E-state index in [-0.39, 0.29) is 0 Å². The lowest BCUT2D eigenvalue weighted by atomic mass is 10.2. The molecule has 2 aromatic heterocycles. The zero-order chi connectivity index (χ0) is 14.7. The molecule has 2 heterocycles. The quantitative estimate of drug-likeness (QED) is 0.918. The Labute approximate surface area is 124 Å². The summed E-state index contributed by atoms with van der Waals surface area (Å²) in [4.78, 5) is 15.7. The number of nitrogens with zero attached hydrogens (tertiary/aromatic N) is 4. The number of nitrogens with one attached hydrogen (secondary N) is 1. The molecule has 0 aliphatic heterocycles. The monoisotopic (exact) mass is 291 g/mol. The van der Waals surface area contributed by atoms with Crippen molar-refractivity contribution in [3.05, 3.63) is 27.5 Å². The largest absolute Gasteiger partial charge is 0.370 e. The van der Waals surface area contributed by atoms with Gasteiger partial charge in [0.2, 0.25) is 0 Å². The minimum absolute atomic E-state index is 0.757. The van der Waals surface area contributed by atoms with Crippen LogP contribution < -0.4 is 10.2 Å². The number of aryl methyl sites for hydroxylation is 2. The third-order valence-electron chi connectivity index (χ3n) is 3.00. The van der Waals surface area contributed by atoms with Crippen molar-refractivity contribution in [1.29, 1.82) is 0 Å². The normalized spacial score (nSPS) is 10.7. The molecule has 0 spiro atoms. The average Bonchev–Trinajstić information content (AvgIpc) is 2.79. The maximum Gasteiger partial charge on any atom is 0.137 e. The fraction of sp³-hybridized carbons (Fsp3) is 0.500. The predicted octanol–water partition coefficient (Wildman–Crippen LogP) is 2.93. The van der Waals surface area contributed by atoms with Crippen LogP contribution in [0, 0.1) is 20.8 Å². The van der Waals surface area contributed by atoms with Gasteiger partial charge in [-0.1, -0.05) is 0 Å². The second kappa shape index (κ2) is 6.17. The molecule has 0 amide bonds. The Hall–Kier alpha value is -1.69. The smallest absolute Gasteiger partial charge is 0.137 e. The Morgan fingerprint density at radius 1 is 1.20 bits per heavy atom. The van der Waals surface area contributed by atoms with Crippen LogP contribution in [-0.4, -0.2) is 28.5 Å². The Balaban J connectivity index is 2.26. The number of hydrogen-bond acceptors (Lipinski definition) is 6. The molecule has 2 aromatic rings. The predicted molar refractivity (Wildman–Crippen MR) is 84.6 cm³/mol. The summed E-state index contributed by atoms with van der Waals surface area (Å²) in [5.74, 6) is 2.65. The lowest BCUT2D eigenvalue weighted by molar-refractivity contribution is 0.849. The molecule has 0 bridgehead atoms. The van der Waals surface area contributed by atoms with Crippen molar-refractivity contribution < 1.29 is 0 Å². The van der Waals surface area contributed by atoms with Crippen LogP contribution in [0.1, 0.15) is 29.0 Å². The molecule has 20 heavy (non-hydrogen) atoms. The van der Waals surface area contributed by atoms with Gasteiger partial charge in [0.05, 0.1) is 17.2 Å². The maximum atomic E-state index is 4.57. The Morgan fingerprint density at radius 2 is 1.95 bits per heavy atom. The highest BCUT2D eigenvalue weighted by molar-refractivity contribution is 7.09. The summed E-state index contributed by atoms with van der Waals surface area (Å²) in [7, 11) is 2.04. The second-order valence-electron chi connectivity index (χ2n) is 4.81. The van der Waals surface area contributed by atoms with E-state index in [9.17, 15) is 0 Å². The molecule has 0 aromatic carbocycles. The highest BCUT2D eigenvalue weighted by Gasteiger charge is 2.13. The summed E-state index contributed by atoms with van der Waals surface area (Å²) in [5.41, 5.74) is 2.16. The molecular weight excluding hydrogens is 270 g/mol. The summed E-state index contributed by atoms with van der Waals surface area (Å²) >= 11 is 1.68. The molecular formula is C14H21N5S. The van der Waals surface area contributed by atoms with Gasteiger partial charge in [0, 0.05) is 24.5 Å². The molecule has 2 rings (SSSR count). The fourth-order valence-electron chi connectivity index (χ4n) is 2.12. The molecule has 1 N–H and O–H groups in total. The van der Waals surface area contributed by atoms with E-state index in [0.717, 1.165) is 46.8 Å². The minimum Gasteiger partial charge on any atom is -0.370 e. The van der Waals surface area contributed by atoms with Gasteiger partial charge in [-0.05, 0) is 27.7 Å². The topological polar surface area (TPSA) is 53.9 Å². The van der Waals surface area contributed by atoms with E-state index in [4.69, 9.17) is 0 Å². The zero-order valence-corrected chi connectivity index (χ0v) is 13.5. The van der Waals surface area contributed by atoms with Crippen LogP contribution in [0.5, 0.6) is 0 Å². The van der Waals surface area contributed by atoms with Gasteiger partial charge >= 0.3 is 0 Å². The van der Waals surface area contributed by atoms with E-state index >= 15 is 0 Å². The third-order valence-corrected chi connectivity index (χ3v) is 3.83. The standard InChI is InChI=1S/C14H21N5S/c1-6-15-13-9(2)14(17-10(3)16-13)19(5)7-12-8-20-11(4)18-12/h8H,6-7H2,1-5H3,(H,15,16,17). The molecule has 0 aliphatic rings. The summed E-state index contributed by atoms with van der Waals surface area (Å²) in [6, 6.07) is 0. The van der Waals surface area contributed by atoms with E-state index in [1.165, 1.54) is 0 Å². The first-order chi connectivity index (χ1) is 9.51. The molecule has 0 atom stereocenters. The van der Waals surface area contributed by atoms with Gasteiger partial charge in [0.1, 0.15) is 17.5 Å². The SMILES string of the molecule is CCNc1nc(C)nc(N(C)Cc2csc(C)n2)c1C. The van der Waals surface area contributed by atoms with Crippen LogP contribution in [0.4, 0.5) is 11.6 Å². The summed E-state index contributed by atoms with van der Waals surface area (Å²) < 4.78 is 0. The van der Waals surface area contributed by atoms with Gasteiger partial charge < -0.3 is 10.2 Å². The van der Waals surface area contributed by atoms with E-state index in [1.54, 1.807) is 11.3 Å². The first-order valence-electron chi connectivity index (χ1n) is 6.72. The first-order valence-corrected chi connectivity index (χ1v) is 7.60. The van der Waals surface area contributed by atoms with Crippen molar-refractivity contribution in [2.75, 3.05) is 23.8 Å². The number of hydrogen-bond donors (Lipinski definition) is 1. The fourth-order valence-corrected chi connectivity index (χ4v) is 2.73. The first kappa shape index (κ1) is 14.7. The van der Waals surface area contributed by atoms with Crippen LogP contribution in [0.2, 0.25) is 0 Å². The van der Waals surface area contributed by atoms with Crippen LogP contribution in [0.15, 0.2) is 5.38 Å². The number of anilines is 2. The van der Waals surface area contributed by atoms with Gasteiger partial charge in [-0.3, -0.25) is 0 Å². The van der Waals surface area contributed by atoms with Gasteiger partial charge in [-0.15, -0.1) is 11.3 Å². The maximum absolute atomic E-state index is 4.57. The Morgan fingerprint density at radius 3 is 2.55 bits per heavy atom. The molecule has 0 saturated heterocycles. The number of thiazole rings is 1. The second-order valence-corrected chi connectivity index (χ2v) is 5.87. The van der Waals surface area contributed by atoms with E-state index in [2.05, 4.69) is 44.4 Å². The van der Waals surface area contributed by atoms with Crippen LogP contribution in [-0.2, 0) is 6.54 Å². The lowest BCUT2D eigenvalue weighted by Crippen LogP contribution is -2.21. The molecule has 0 radical (unpaired) electrons. The minimum atomic E-state index is 0.757. The average molecular weight is 291 g/mol. The molecule has 0 unspecified atom stereocenters. The third kappa shape index (κ3) is 3.25. The van der Waals surface area contributed by atoms with Crippen molar-refractivity contribution in [1.82, 2.24) is 15.0 Å². The van der Waals surface area contributed by atoms with Crippen molar-refractivity contribution >= 4 is 23.0 Å². The van der Waals surface area contributed by atoms with Crippen molar-refractivity contribution in [2.45, 2.75) is 34.2 Å². The lowest BCUT2D eigenvalue weighted by Gasteiger charge is -2.21.